The molecule has 0 amide bonds. The summed E-state index contributed by atoms with van der Waals surface area (Å²) in [6.45, 7) is 0. The van der Waals surface area contributed by atoms with Crippen LogP contribution in [0.5, 0.6) is 0 Å². The molecule has 2 rings (SSSR count). The molecule has 0 saturated carbocycles. The van der Waals surface area contributed by atoms with Crippen LogP contribution < -0.4 is 0 Å². The standard InChI is InChI=1S/C14H14ClNO3S/c15-14(20)8-2-1-3-12(14)13(17)9-10-4-6-11(7-5-10)16(18)19/h2,4-8,12,20H,1,3,9H2. The Morgan fingerprint density at radius 2 is 2.10 bits per heavy atom. The highest BCUT2D eigenvalue weighted by Crippen LogP contribution is 2.39. The number of nitrogens with zero attached hydrogens (tertiary/aromatic N) is 1. The van der Waals surface area contributed by atoms with Gasteiger partial charge in [0.25, 0.3) is 5.69 Å². The van der Waals surface area contributed by atoms with E-state index in [0.29, 0.717) is 6.42 Å². The smallest absolute Gasteiger partial charge is 0.269 e. The molecule has 0 heterocycles. The number of allylic oxidation sites excluding steroid dienone is 1. The fraction of sp³-hybridized carbons (Fsp3) is 0.357. The van der Waals surface area contributed by atoms with Crippen molar-refractivity contribution in [2.75, 3.05) is 0 Å². The van der Waals surface area contributed by atoms with Gasteiger partial charge >= 0.3 is 0 Å². The molecule has 0 aromatic heterocycles. The van der Waals surface area contributed by atoms with Gasteiger partial charge in [-0.1, -0.05) is 24.3 Å². The summed E-state index contributed by atoms with van der Waals surface area (Å²) in [7, 11) is 0. The summed E-state index contributed by atoms with van der Waals surface area (Å²) in [5.41, 5.74) is 0.763. The summed E-state index contributed by atoms with van der Waals surface area (Å²) >= 11 is 10.6. The number of Topliss-reactive ketones (excluding diaryl/α,β-unsaturated/α-hetero) is 1. The number of hydrogen-bond donors (Lipinski definition) is 1. The molecule has 6 heteroatoms. The zero-order valence-electron chi connectivity index (χ0n) is 10.7. The SMILES string of the molecule is O=C(Cc1ccc([N+](=O)[O-])cc1)C1CCC=CC1(S)Cl. The lowest BCUT2D eigenvalue weighted by atomic mass is 9.87. The van der Waals surface area contributed by atoms with Crippen molar-refractivity contribution in [3.05, 3.63) is 52.1 Å². The molecule has 4 nitrogen and oxygen atoms in total. The van der Waals surface area contributed by atoms with Crippen molar-refractivity contribution in [3.8, 4) is 0 Å². The minimum atomic E-state index is -0.934. The lowest BCUT2D eigenvalue weighted by molar-refractivity contribution is -0.384. The highest BCUT2D eigenvalue weighted by molar-refractivity contribution is 7.83. The van der Waals surface area contributed by atoms with Crippen LogP contribution in [0.3, 0.4) is 0 Å². The van der Waals surface area contributed by atoms with Gasteiger partial charge in [-0.25, -0.2) is 0 Å². The Kier molecular flexibility index (Phi) is 4.50. The number of nitro benzene ring substituents is 1. The first-order valence-electron chi connectivity index (χ1n) is 6.25. The van der Waals surface area contributed by atoms with Crippen molar-refractivity contribution in [2.45, 2.75) is 23.5 Å². The van der Waals surface area contributed by atoms with E-state index in [4.69, 9.17) is 11.6 Å². The molecule has 1 aromatic carbocycles. The number of halogens is 1. The average molecular weight is 312 g/mol. The van der Waals surface area contributed by atoms with Crippen molar-refractivity contribution in [2.24, 2.45) is 5.92 Å². The Labute approximate surface area is 127 Å². The zero-order valence-corrected chi connectivity index (χ0v) is 12.3. The number of alkyl halides is 1. The normalized spacial score (nSPS) is 25.4. The lowest BCUT2D eigenvalue weighted by Gasteiger charge is -2.30. The van der Waals surface area contributed by atoms with E-state index >= 15 is 0 Å². The number of benzene rings is 1. The van der Waals surface area contributed by atoms with E-state index in [1.165, 1.54) is 12.1 Å². The maximum atomic E-state index is 12.3. The third-order valence-electron chi connectivity index (χ3n) is 3.38. The Hall–Kier alpha value is -1.33. The van der Waals surface area contributed by atoms with E-state index in [9.17, 15) is 14.9 Å². The fourth-order valence-electron chi connectivity index (χ4n) is 2.28. The maximum Gasteiger partial charge on any atom is 0.269 e. The van der Waals surface area contributed by atoms with Crippen molar-refractivity contribution in [3.63, 3.8) is 0 Å². The van der Waals surface area contributed by atoms with E-state index in [0.717, 1.165) is 12.0 Å². The monoisotopic (exact) mass is 311 g/mol. The van der Waals surface area contributed by atoms with Crippen LogP contribution in [0.1, 0.15) is 18.4 Å². The number of carbonyl (C=O) groups is 1. The summed E-state index contributed by atoms with van der Waals surface area (Å²) in [5.74, 6) is -0.333. The van der Waals surface area contributed by atoms with Crippen molar-refractivity contribution in [1.29, 1.82) is 0 Å². The first-order chi connectivity index (χ1) is 9.40. The molecule has 0 fully saturated rings. The van der Waals surface area contributed by atoms with Crippen LogP contribution in [-0.2, 0) is 11.2 Å². The highest BCUT2D eigenvalue weighted by Gasteiger charge is 2.37. The summed E-state index contributed by atoms with van der Waals surface area (Å²) in [6, 6.07) is 6.00. The van der Waals surface area contributed by atoms with Gasteiger partial charge in [0.2, 0.25) is 0 Å². The van der Waals surface area contributed by atoms with Gasteiger partial charge < -0.3 is 0 Å². The highest BCUT2D eigenvalue weighted by atomic mass is 35.5. The van der Waals surface area contributed by atoms with Crippen molar-refractivity contribution < 1.29 is 9.72 Å². The summed E-state index contributed by atoms with van der Waals surface area (Å²) in [6.07, 6.45) is 5.38. The first kappa shape index (κ1) is 15.1. The predicted octanol–water partition coefficient (Wildman–Crippen LogP) is 3.54. The van der Waals surface area contributed by atoms with Gasteiger partial charge in [-0.05, 0) is 18.4 Å². The molecule has 106 valence electrons. The third-order valence-corrected chi connectivity index (χ3v) is 4.23. The third kappa shape index (κ3) is 3.41. The molecule has 2 atom stereocenters. The number of carbonyl (C=O) groups excluding carboxylic acids is 1. The molecule has 0 N–H and O–H groups in total. The molecule has 20 heavy (non-hydrogen) atoms. The second-order valence-electron chi connectivity index (χ2n) is 4.83. The lowest BCUT2D eigenvalue weighted by Crippen LogP contribution is -2.34. The van der Waals surface area contributed by atoms with Crippen LogP contribution in [0.15, 0.2) is 36.4 Å². The molecule has 1 aromatic rings. The van der Waals surface area contributed by atoms with Crippen LogP contribution in [-0.4, -0.2) is 14.9 Å². The number of nitro groups is 1. The van der Waals surface area contributed by atoms with E-state index < -0.39 is 9.13 Å². The molecule has 0 aliphatic heterocycles. The number of non-ortho nitro benzene ring substituents is 1. The van der Waals surface area contributed by atoms with E-state index in [1.807, 2.05) is 6.08 Å². The van der Waals surface area contributed by atoms with Crippen molar-refractivity contribution in [1.82, 2.24) is 0 Å². The Bertz CT molecular complexity index is 554. The van der Waals surface area contributed by atoms with Gasteiger partial charge in [0.05, 0.1) is 10.8 Å². The van der Waals surface area contributed by atoms with Gasteiger partial charge in [-0.2, -0.15) is 12.6 Å². The summed E-state index contributed by atoms with van der Waals surface area (Å²) in [4.78, 5) is 22.4. The molecule has 1 aliphatic carbocycles. The quantitative estimate of drug-likeness (QED) is 0.304. The molecule has 2 unspecified atom stereocenters. The van der Waals surface area contributed by atoms with E-state index in [-0.39, 0.29) is 23.8 Å². The Morgan fingerprint density at radius 1 is 1.45 bits per heavy atom. The van der Waals surface area contributed by atoms with Crippen LogP contribution in [0.25, 0.3) is 0 Å². The largest absolute Gasteiger partial charge is 0.299 e. The number of ketones is 1. The van der Waals surface area contributed by atoms with Gasteiger partial charge in [-0.3, -0.25) is 14.9 Å². The second kappa shape index (κ2) is 5.97. The fourth-order valence-corrected chi connectivity index (χ4v) is 2.98. The summed E-state index contributed by atoms with van der Waals surface area (Å²) < 4.78 is -0.934. The maximum absolute atomic E-state index is 12.3. The molecule has 0 saturated heterocycles. The molecule has 0 spiro atoms. The average Bonchev–Trinajstić information content (AvgIpc) is 2.38. The zero-order chi connectivity index (χ0) is 14.8. The molecule has 0 bridgehead atoms. The van der Waals surface area contributed by atoms with Gasteiger partial charge in [0.15, 0.2) is 0 Å². The molecular formula is C14H14ClNO3S. The Balaban J connectivity index is 2.08. The molecule has 1 aliphatic rings. The number of rotatable bonds is 4. The Morgan fingerprint density at radius 3 is 2.65 bits per heavy atom. The van der Waals surface area contributed by atoms with E-state index in [2.05, 4.69) is 12.6 Å². The van der Waals surface area contributed by atoms with Crippen LogP contribution in [0, 0.1) is 16.0 Å². The topological polar surface area (TPSA) is 60.2 Å². The van der Waals surface area contributed by atoms with Crippen LogP contribution in [0.2, 0.25) is 0 Å². The summed E-state index contributed by atoms with van der Waals surface area (Å²) in [5, 5.41) is 10.6. The van der Waals surface area contributed by atoms with E-state index in [1.54, 1.807) is 18.2 Å². The van der Waals surface area contributed by atoms with Crippen molar-refractivity contribution >= 4 is 35.7 Å². The predicted molar refractivity (Wildman–Crippen MR) is 81.2 cm³/mol. The second-order valence-corrected chi connectivity index (χ2v) is 6.46. The molecule has 0 radical (unpaired) electrons. The van der Waals surface area contributed by atoms with Crippen LogP contribution >= 0.6 is 24.2 Å². The molecular weight excluding hydrogens is 298 g/mol. The minimum absolute atomic E-state index is 0.00760. The van der Waals surface area contributed by atoms with Crippen LogP contribution in [0.4, 0.5) is 5.69 Å². The van der Waals surface area contributed by atoms with Gasteiger partial charge in [0, 0.05) is 18.6 Å². The number of hydrogen-bond acceptors (Lipinski definition) is 4. The first-order valence-corrected chi connectivity index (χ1v) is 7.07. The minimum Gasteiger partial charge on any atom is -0.299 e. The number of thiol groups is 1. The van der Waals surface area contributed by atoms with Gasteiger partial charge in [0.1, 0.15) is 9.99 Å². The van der Waals surface area contributed by atoms with Gasteiger partial charge in [-0.15, -0.1) is 11.6 Å².